The molecule has 0 amide bonds. The van der Waals surface area contributed by atoms with Gasteiger partial charge in [-0.15, -0.1) is 0 Å². The summed E-state index contributed by atoms with van der Waals surface area (Å²) in [5, 5.41) is 0. The highest BCUT2D eigenvalue weighted by molar-refractivity contribution is 5.50. The summed E-state index contributed by atoms with van der Waals surface area (Å²) in [6.45, 7) is 5.82. The van der Waals surface area contributed by atoms with Gasteiger partial charge in [0.05, 0.1) is 5.69 Å². The van der Waals surface area contributed by atoms with Gasteiger partial charge in [0, 0.05) is 19.1 Å². The van der Waals surface area contributed by atoms with Crippen LogP contribution in [-0.2, 0) is 0 Å². The van der Waals surface area contributed by atoms with E-state index < -0.39 is 0 Å². The minimum Gasteiger partial charge on any atom is -0.369 e. The summed E-state index contributed by atoms with van der Waals surface area (Å²) in [5.41, 5.74) is 7.78. The number of rotatable bonds is 1. The van der Waals surface area contributed by atoms with Crippen LogP contribution in [-0.4, -0.2) is 19.1 Å². The molecule has 0 bridgehead atoms. The number of nitrogens with zero attached hydrogens (tertiary/aromatic N) is 1. The second-order valence-corrected chi connectivity index (χ2v) is 4.83. The van der Waals surface area contributed by atoms with E-state index in [-0.39, 0.29) is 11.9 Å². The van der Waals surface area contributed by atoms with Crippen LogP contribution in [0.3, 0.4) is 0 Å². The molecule has 2 N–H and O–H groups in total. The molecule has 2 unspecified atom stereocenters. The van der Waals surface area contributed by atoms with Crippen molar-refractivity contribution in [2.24, 2.45) is 11.7 Å². The van der Waals surface area contributed by atoms with E-state index in [1.54, 1.807) is 12.1 Å². The number of hydrogen-bond donors (Lipinski definition) is 1. The minimum atomic E-state index is -0.131. The monoisotopic (exact) mass is 222 g/mol. The van der Waals surface area contributed by atoms with Crippen molar-refractivity contribution >= 4 is 5.69 Å². The summed E-state index contributed by atoms with van der Waals surface area (Å²) >= 11 is 0. The lowest BCUT2D eigenvalue weighted by Crippen LogP contribution is -2.46. The normalized spacial score (nSPS) is 25.9. The quantitative estimate of drug-likeness (QED) is 0.790. The lowest BCUT2D eigenvalue weighted by Gasteiger charge is -2.36. The fraction of sp³-hybridized carbons (Fsp3) is 0.538. The first-order valence-electron chi connectivity index (χ1n) is 5.84. The van der Waals surface area contributed by atoms with E-state index >= 15 is 0 Å². The maximum Gasteiger partial charge on any atom is 0.146 e. The van der Waals surface area contributed by atoms with Crippen molar-refractivity contribution < 1.29 is 4.39 Å². The van der Waals surface area contributed by atoms with Crippen molar-refractivity contribution in [3.8, 4) is 0 Å². The molecule has 1 heterocycles. The zero-order chi connectivity index (χ0) is 11.7. The maximum absolute atomic E-state index is 13.7. The number of anilines is 1. The molecule has 2 nitrogen and oxygen atoms in total. The highest BCUT2D eigenvalue weighted by atomic mass is 19.1. The number of piperidine rings is 1. The molecule has 1 aromatic carbocycles. The molecule has 0 aromatic heterocycles. The van der Waals surface area contributed by atoms with Gasteiger partial charge in [-0.1, -0.05) is 13.0 Å². The standard InChI is InChI=1S/C13H19FN2/c1-9-3-4-11(14)13(7-9)16-6-5-12(15)10(2)8-16/h3-4,7,10,12H,5-6,8,15H2,1-2H3. The van der Waals surface area contributed by atoms with E-state index in [1.807, 2.05) is 13.0 Å². The summed E-state index contributed by atoms with van der Waals surface area (Å²) in [7, 11) is 0. The van der Waals surface area contributed by atoms with Gasteiger partial charge < -0.3 is 10.6 Å². The van der Waals surface area contributed by atoms with Gasteiger partial charge in [-0.25, -0.2) is 4.39 Å². The molecule has 2 atom stereocenters. The Morgan fingerprint density at radius 2 is 2.19 bits per heavy atom. The average Bonchev–Trinajstić information content (AvgIpc) is 2.26. The second kappa shape index (κ2) is 4.42. The summed E-state index contributed by atoms with van der Waals surface area (Å²) in [4.78, 5) is 2.11. The van der Waals surface area contributed by atoms with Crippen molar-refractivity contribution in [3.05, 3.63) is 29.6 Å². The fourth-order valence-electron chi connectivity index (χ4n) is 2.25. The van der Waals surface area contributed by atoms with Gasteiger partial charge in [-0.05, 0) is 37.0 Å². The van der Waals surface area contributed by atoms with Crippen LogP contribution in [0.1, 0.15) is 18.9 Å². The number of aryl methyl sites for hydroxylation is 1. The summed E-state index contributed by atoms with van der Waals surface area (Å²) in [5.74, 6) is 0.293. The zero-order valence-electron chi connectivity index (χ0n) is 9.91. The molecule has 0 spiro atoms. The smallest absolute Gasteiger partial charge is 0.146 e. The molecule has 3 heteroatoms. The van der Waals surface area contributed by atoms with Gasteiger partial charge in [0.25, 0.3) is 0 Å². The first-order valence-corrected chi connectivity index (χ1v) is 5.84. The van der Waals surface area contributed by atoms with Crippen molar-refractivity contribution in [3.63, 3.8) is 0 Å². The molecule has 1 fully saturated rings. The zero-order valence-corrected chi connectivity index (χ0v) is 9.91. The first kappa shape index (κ1) is 11.4. The molecular formula is C13H19FN2. The number of benzene rings is 1. The van der Waals surface area contributed by atoms with Crippen LogP contribution in [0.4, 0.5) is 10.1 Å². The SMILES string of the molecule is Cc1ccc(F)c(N2CCC(N)C(C)C2)c1. The Balaban J connectivity index is 2.21. The largest absolute Gasteiger partial charge is 0.369 e. The molecule has 0 radical (unpaired) electrons. The van der Waals surface area contributed by atoms with Crippen molar-refractivity contribution in [2.45, 2.75) is 26.3 Å². The highest BCUT2D eigenvalue weighted by Gasteiger charge is 2.24. The summed E-state index contributed by atoms with van der Waals surface area (Å²) in [6, 6.07) is 5.52. The third-order valence-electron chi connectivity index (χ3n) is 3.41. The second-order valence-electron chi connectivity index (χ2n) is 4.83. The Hall–Kier alpha value is -1.09. The van der Waals surface area contributed by atoms with Crippen LogP contribution in [0.15, 0.2) is 18.2 Å². The van der Waals surface area contributed by atoms with Crippen LogP contribution in [0.2, 0.25) is 0 Å². The molecule has 0 aliphatic carbocycles. The van der Waals surface area contributed by atoms with Gasteiger partial charge in [0.1, 0.15) is 5.82 Å². The Kier molecular flexibility index (Phi) is 3.15. The first-order chi connectivity index (χ1) is 7.58. The van der Waals surface area contributed by atoms with Gasteiger partial charge in [-0.3, -0.25) is 0 Å². The van der Waals surface area contributed by atoms with E-state index in [9.17, 15) is 4.39 Å². The van der Waals surface area contributed by atoms with E-state index in [0.717, 1.165) is 30.8 Å². The number of halogens is 1. The van der Waals surface area contributed by atoms with E-state index in [4.69, 9.17) is 5.73 Å². The molecule has 1 aliphatic rings. The third kappa shape index (κ3) is 2.19. The Labute approximate surface area is 96.2 Å². The molecule has 1 saturated heterocycles. The maximum atomic E-state index is 13.7. The molecule has 2 rings (SSSR count). The molecule has 1 aromatic rings. The van der Waals surface area contributed by atoms with Crippen molar-refractivity contribution in [2.75, 3.05) is 18.0 Å². The molecule has 88 valence electrons. The summed E-state index contributed by atoms with van der Waals surface area (Å²) in [6.07, 6.45) is 0.939. The Bertz CT molecular complexity index is 378. The molecule has 0 saturated carbocycles. The van der Waals surface area contributed by atoms with Crippen LogP contribution in [0, 0.1) is 18.7 Å². The van der Waals surface area contributed by atoms with Gasteiger partial charge in [0.15, 0.2) is 0 Å². The summed E-state index contributed by atoms with van der Waals surface area (Å²) < 4.78 is 13.7. The highest BCUT2D eigenvalue weighted by Crippen LogP contribution is 2.25. The molecule has 1 aliphatic heterocycles. The Morgan fingerprint density at radius 3 is 2.88 bits per heavy atom. The minimum absolute atomic E-state index is 0.131. The van der Waals surface area contributed by atoms with Crippen LogP contribution in [0.5, 0.6) is 0 Å². The predicted octanol–water partition coefficient (Wildman–Crippen LogP) is 2.31. The Morgan fingerprint density at radius 1 is 1.44 bits per heavy atom. The average molecular weight is 222 g/mol. The third-order valence-corrected chi connectivity index (χ3v) is 3.41. The van der Waals surface area contributed by atoms with Crippen LogP contribution >= 0.6 is 0 Å². The molecule has 16 heavy (non-hydrogen) atoms. The van der Waals surface area contributed by atoms with Crippen LogP contribution in [0.25, 0.3) is 0 Å². The van der Waals surface area contributed by atoms with E-state index in [0.29, 0.717) is 5.92 Å². The van der Waals surface area contributed by atoms with Crippen molar-refractivity contribution in [1.29, 1.82) is 0 Å². The van der Waals surface area contributed by atoms with Gasteiger partial charge in [0.2, 0.25) is 0 Å². The lowest BCUT2D eigenvalue weighted by molar-refractivity contribution is 0.380. The fourth-order valence-corrected chi connectivity index (χ4v) is 2.25. The van der Waals surface area contributed by atoms with Crippen molar-refractivity contribution in [1.82, 2.24) is 0 Å². The van der Waals surface area contributed by atoms with E-state index in [2.05, 4.69) is 11.8 Å². The van der Waals surface area contributed by atoms with E-state index in [1.165, 1.54) is 0 Å². The van der Waals surface area contributed by atoms with Gasteiger partial charge >= 0.3 is 0 Å². The molecular weight excluding hydrogens is 203 g/mol. The van der Waals surface area contributed by atoms with Gasteiger partial charge in [-0.2, -0.15) is 0 Å². The lowest BCUT2D eigenvalue weighted by atomic mass is 9.94. The number of hydrogen-bond acceptors (Lipinski definition) is 2. The topological polar surface area (TPSA) is 29.3 Å². The number of nitrogens with two attached hydrogens (primary N) is 1. The predicted molar refractivity (Wildman–Crippen MR) is 65.1 cm³/mol. The van der Waals surface area contributed by atoms with Crippen LogP contribution < -0.4 is 10.6 Å².